The molecule has 0 atom stereocenters. The number of thiol groups is 1. The molecule has 1 aliphatic heterocycles. The first-order valence-electron chi connectivity index (χ1n) is 4.49. The van der Waals surface area contributed by atoms with Crippen molar-refractivity contribution in [3.8, 4) is 0 Å². The molecule has 0 spiro atoms. The molecule has 1 aromatic heterocycles. The summed E-state index contributed by atoms with van der Waals surface area (Å²) in [7, 11) is -2.56. The Morgan fingerprint density at radius 1 is 1.50 bits per heavy atom. The Labute approximate surface area is 92.7 Å². The number of hydrogen-bond acceptors (Lipinski definition) is 5. The van der Waals surface area contributed by atoms with Crippen LogP contribution >= 0.6 is 0 Å². The van der Waals surface area contributed by atoms with Crippen LogP contribution in [-0.2, 0) is 29.5 Å². The molecule has 2 rings (SSSR count). The van der Waals surface area contributed by atoms with Crippen LogP contribution < -0.4 is 0 Å². The van der Waals surface area contributed by atoms with Gasteiger partial charge in [0.2, 0.25) is 0 Å². The van der Waals surface area contributed by atoms with Crippen molar-refractivity contribution in [3.63, 3.8) is 0 Å². The van der Waals surface area contributed by atoms with Gasteiger partial charge in [0, 0.05) is 11.8 Å². The summed E-state index contributed by atoms with van der Waals surface area (Å²) in [4.78, 5) is 19.8. The minimum absolute atomic E-state index is 0.190. The van der Waals surface area contributed by atoms with E-state index in [1.165, 1.54) is 11.1 Å². The van der Waals surface area contributed by atoms with E-state index in [1.807, 2.05) is 0 Å². The molecule has 1 aliphatic rings. The van der Waals surface area contributed by atoms with Crippen molar-refractivity contribution in [3.05, 3.63) is 23.3 Å². The Balaban J connectivity index is 2.23. The first-order valence-corrected chi connectivity index (χ1v) is 5.86. The Morgan fingerprint density at radius 2 is 2.25 bits per heavy atom. The van der Waals surface area contributed by atoms with Crippen LogP contribution in [0.5, 0.6) is 0 Å². The van der Waals surface area contributed by atoms with Crippen LogP contribution in [0.2, 0.25) is 0 Å². The molecule has 0 saturated carbocycles. The highest BCUT2D eigenvalue weighted by atomic mass is 32.2. The van der Waals surface area contributed by atoms with Gasteiger partial charge in [-0.05, 0) is 0 Å². The fraction of sp³-hybridized carbons (Fsp3) is 0.375. The van der Waals surface area contributed by atoms with E-state index < -0.39 is 16.8 Å². The average molecular weight is 243 g/mol. The number of nitrogens with zero attached hydrogens (tertiary/aromatic N) is 3. The molecule has 0 aromatic carbocycles. The fourth-order valence-corrected chi connectivity index (χ4v) is 1.90. The maximum atomic E-state index is 10.7. The molecule has 1 aromatic rings. The number of rotatable bonds is 2. The highest BCUT2D eigenvalue weighted by Gasteiger charge is 2.24. The minimum atomic E-state index is -2.56. The largest absolute Gasteiger partial charge is 0.465 e. The van der Waals surface area contributed by atoms with Gasteiger partial charge in [0.1, 0.15) is 22.3 Å². The lowest BCUT2D eigenvalue weighted by atomic mass is 10.3. The van der Waals surface area contributed by atoms with Crippen LogP contribution in [0, 0.1) is 0 Å². The number of fused-ring (bicyclic) bond motifs is 1. The highest BCUT2D eigenvalue weighted by Crippen LogP contribution is 2.19. The molecule has 0 radical (unpaired) electrons. The molecule has 0 bridgehead atoms. The topological polar surface area (TPSA) is 100 Å². The van der Waals surface area contributed by atoms with Crippen LogP contribution in [0.3, 0.4) is 0 Å². The van der Waals surface area contributed by atoms with E-state index in [-0.39, 0.29) is 24.7 Å². The third-order valence-corrected chi connectivity index (χ3v) is 2.79. The van der Waals surface area contributed by atoms with Crippen molar-refractivity contribution in [2.24, 2.45) is 0 Å². The SMILES string of the molecule is O=C(O)N1Cc2cnc(C[SH](=O)=O)nc2C1. The van der Waals surface area contributed by atoms with Gasteiger partial charge in [-0.1, -0.05) is 0 Å². The van der Waals surface area contributed by atoms with Crippen molar-refractivity contribution in [1.29, 1.82) is 0 Å². The zero-order valence-corrected chi connectivity index (χ0v) is 9.05. The van der Waals surface area contributed by atoms with Crippen LogP contribution in [0.15, 0.2) is 6.20 Å². The average Bonchev–Trinajstić information content (AvgIpc) is 2.59. The molecule has 7 nitrogen and oxygen atoms in total. The standard InChI is InChI=1S/C8H9N3O4S/c12-8(13)11-2-5-1-9-7(4-16(14)15)10-6(5)3-11/h1,16H,2-4H2,(H,12,13). The van der Waals surface area contributed by atoms with Crippen molar-refractivity contribution >= 4 is 16.8 Å². The van der Waals surface area contributed by atoms with E-state index in [4.69, 9.17) is 5.11 Å². The molecular weight excluding hydrogens is 234 g/mol. The second kappa shape index (κ2) is 4.05. The van der Waals surface area contributed by atoms with E-state index in [0.717, 1.165) is 5.56 Å². The molecule has 0 unspecified atom stereocenters. The Bertz CT molecular complexity index is 506. The lowest BCUT2D eigenvalue weighted by Crippen LogP contribution is -2.22. The Kier molecular flexibility index (Phi) is 2.73. The number of carbonyl (C=O) groups is 1. The Morgan fingerprint density at radius 3 is 2.88 bits per heavy atom. The molecule has 0 aliphatic carbocycles. The molecule has 1 amide bonds. The molecule has 16 heavy (non-hydrogen) atoms. The second-order valence-corrected chi connectivity index (χ2v) is 4.37. The lowest BCUT2D eigenvalue weighted by Gasteiger charge is -2.07. The van der Waals surface area contributed by atoms with Gasteiger partial charge in [0.25, 0.3) is 0 Å². The summed E-state index contributed by atoms with van der Waals surface area (Å²) >= 11 is 0. The van der Waals surface area contributed by atoms with Crippen molar-refractivity contribution < 1.29 is 18.3 Å². The van der Waals surface area contributed by atoms with E-state index in [0.29, 0.717) is 5.69 Å². The second-order valence-electron chi connectivity index (χ2n) is 3.39. The van der Waals surface area contributed by atoms with E-state index >= 15 is 0 Å². The molecular formula is C8H9N3O4S. The number of carboxylic acid groups (broad SMARTS) is 1. The van der Waals surface area contributed by atoms with E-state index in [2.05, 4.69) is 9.97 Å². The smallest absolute Gasteiger partial charge is 0.407 e. The molecule has 2 heterocycles. The monoisotopic (exact) mass is 243 g/mol. The van der Waals surface area contributed by atoms with Crippen molar-refractivity contribution in [2.75, 3.05) is 0 Å². The van der Waals surface area contributed by atoms with E-state index in [9.17, 15) is 13.2 Å². The maximum Gasteiger partial charge on any atom is 0.407 e. The van der Waals surface area contributed by atoms with Crippen LogP contribution in [0.25, 0.3) is 0 Å². The van der Waals surface area contributed by atoms with Crippen molar-refractivity contribution in [2.45, 2.75) is 18.8 Å². The normalized spacial score (nSPS) is 14.2. The lowest BCUT2D eigenvalue weighted by molar-refractivity contribution is 0.145. The molecule has 8 heteroatoms. The Hall–Kier alpha value is -1.70. The molecule has 0 saturated heterocycles. The van der Waals surface area contributed by atoms with Gasteiger partial charge in [-0.2, -0.15) is 0 Å². The number of hydrogen-bond donors (Lipinski definition) is 2. The first kappa shape index (κ1) is 10.8. The van der Waals surface area contributed by atoms with Crippen LogP contribution in [-0.4, -0.2) is 34.5 Å². The summed E-state index contributed by atoms with van der Waals surface area (Å²) in [5.74, 6) is -0.00234. The van der Waals surface area contributed by atoms with Gasteiger partial charge in [-0.3, -0.25) is 4.90 Å². The predicted molar refractivity (Wildman–Crippen MR) is 53.3 cm³/mol. The summed E-state index contributed by atoms with van der Waals surface area (Å²) in [6.45, 7) is 0.449. The zero-order valence-electron chi connectivity index (χ0n) is 8.16. The third-order valence-electron chi connectivity index (χ3n) is 2.25. The van der Waals surface area contributed by atoms with Crippen LogP contribution in [0.1, 0.15) is 17.1 Å². The van der Waals surface area contributed by atoms with Gasteiger partial charge in [0.15, 0.2) is 0 Å². The fourth-order valence-electron chi connectivity index (χ4n) is 1.52. The summed E-state index contributed by atoms with van der Waals surface area (Å²) in [6.07, 6.45) is 0.467. The number of amides is 1. The van der Waals surface area contributed by atoms with Gasteiger partial charge in [0.05, 0.1) is 18.8 Å². The molecule has 1 N–H and O–H groups in total. The predicted octanol–water partition coefficient (Wildman–Crippen LogP) is -0.418. The van der Waals surface area contributed by atoms with E-state index in [1.54, 1.807) is 0 Å². The van der Waals surface area contributed by atoms with Gasteiger partial charge in [-0.25, -0.2) is 23.2 Å². The third kappa shape index (κ3) is 2.11. The quantitative estimate of drug-likeness (QED) is 0.684. The highest BCUT2D eigenvalue weighted by molar-refractivity contribution is 7.71. The van der Waals surface area contributed by atoms with Crippen molar-refractivity contribution in [1.82, 2.24) is 14.9 Å². The number of aromatic nitrogens is 2. The first-order chi connectivity index (χ1) is 7.56. The zero-order chi connectivity index (χ0) is 11.7. The summed E-state index contributed by atoms with van der Waals surface area (Å²) in [6, 6.07) is 0. The molecule has 0 fully saturated rings. The molecule has 86 valence electrons. The summed E-state index contributed by atoms with van der Waals surface area (Å²) in [5, 5.41) is 8.78. The maximum absolute atomic E-state index is 10.7. The minimum Gasteiger partial charge on any atom is -0.465 e. The summed E-state index contributed by atoms with van der Waals surface area (Å²) < 4.78 is 21.0. The summed E-state index contributed by atoms with van der Waals surface area (Å²) in [5.41, 5.74) is 1.32. The van der Waals surface area contributed by atoms with Gasteiger partial charge >= 0.3 is 6.09 Å². The van der Waals surface area contributed by atoms with Crippen LogP contribution in [0.4, 0.5) is 4.79 Å². The van der Waals surface area contributed by atoms with Gasteiger partial charge < -0.3 is 5.11 Å². The van der Waals surface area contributed by atoms with Gasteiger partial charge in [-0.15, -0.1) is 0 Å².